The van der Waals surface area contributed by atoms with E-state index in [2.05, 4.69) is 15.3 Å². The third-order valence-electron chi connectivity index (χ3n) is 5.83. The summed E-state index contributed by atoms with van der Waals surface area (Å²) in [4.78, 5) is 20.4. The summed E-state index contributed by atoms with van der Waals surface area (Å²) in [6, 6.07) is 7.71. The van der Waals surface area contributed by atoms with E-state index in [1.54, 1.807) is 4.68 Å². The first kappa shape index (κ1) is 22.1. The van der Waals surface area contributed by atoms with E-state index < -0.39 is 0 Å². The third-order valence-corrected chi connectivity index (χ3v) is 6.89. The number of carbonyl (C=O) groups is 1. The molecule has 2 fully saturated rings. The van der Waals surface area contributed by atoms with Gasteiger partial charge in [-0.1, -0.05) is 23.5 Å². The van der Waals surface area contributed by atoms with Crippen LogP contribution in [-0.2, 0) is 11.8 Å². The summed E-state index contributed by atoms with van der Waals surface area (Å²) in [5, 5.41) is 18.4. The maximum atomic E-state index is 12.4. The molecule has 1 aliphatic carbocycles. The molecule has 1 aromatic carbocycles. The number of aromatic nitrogens is 2. The fourth-order valence-corrected chi connectivity index (χ4v) is 4.97. The summed E-state index contributed by atoms with van der Waals surface area (Å²) in [5.74, 6) is -0.0592. The third kappa shape index (κ3) is 6.00. The Bertz CT molecular complexity index is 933. The quantitative estimate of drug-likeness (QED) is 0.702. The Kier molecular flexibility index (Phi) is 7.49. The Morgan fingerprint density at radius 2 is 2.06 bits per heavy atom. The van der Waals surface area contributed by atoms with Gasteiger partial charge in [-0.25, -0.2) is 4.68 Å². The van der Waals surface area contributed by atoms with E-state index in [4.69, 9.17) is 9.73 Å². The largest absolute Gasteiger partial charge is 0.393 e. The molecule has 2 aliphatic rings. The number of aliphatic hydroxyl groups excluding tert-OH is 1. The predicted octanol–water partition coefficient (Wildman–Crippen LogP) is 1.41. The molecule has 1 amide bonds. The minimum atomic E-state index is -0.243. The zero-order valence-corrected chi connectivity index (χ0v) is 18.8. The Hall–Kier alpha value is -2.07. The van der Waals surface area contributed by atoms with E-state index in [1.165, 1.54) is 11.3 Å². The number of aliphatic hydroxyl groups is 1. The molecule has 2 atom stereocenters. The number of amides is 1. The van der Waals surface area contributed by atoms with E-state index in [1.807, 2.05) is 31.3 Å². The van der Waals surface area contributed by atoms with Gasteiger partial charge in [-0.2, -0.15) is 5.10 Å². The van der Waals surface area contributed by atoms with Crippen LogP contribution in [0, 0.1) is 0 Å². The lowest BCUT2D eigenvalue weighted by atomic mass is 9.94. The average Bonchev–Trinajstić information content (AvgIpc) is 3.15. The van der Waals surface area contributed by atoms with E-state index in [9.17, 15) is 9.90 Å². The normalized spacial score (nSPS) is 23.1. The van der Waals surface area contributed by atoms with Gasteiger partial charge in [0.05, 0.1) is 25.4 Å². The number of hydrogen-bond donors (Lipinski definition) is 2. The van der Waals surface area contributed by atoms with Crippen molar-refractivity contribution >= 4 is 17.2 Å². The molecule has 2 N–H and O–H groups in total. The van der Waals surface area contributed by atoms with Crippen molar-refractivity contribution < 1.29 is 14.6 Å². The standard InChI is InChI=1S/C22H31N5O3S/c1-26-22(24-18-3-2-4-19(28)15-18)31-21(25-26)17-7-5-16(6-8-17)20(29)23-9-10-27-11-13-30-14-12-27/h5-8,18-19,28H,2-4,9-15H2,1H3,(H,23,29)/t18-,19-/m1/s1. The van der Waals surface area contributed by atoms with Gasteiger partial charge in [0.15, 0.2) is 0 Å². The van der Waals surface area contributed by atoms with Crippen LogP contribution >= 0.6 is 11.3 Å². The molecule has 168 valence electrons. The van der Waals surface area contributed by atoms with E-state index >= 15 is 0 Å². The van der Waals surface area contributed by atoms with Crippen molar-refractivity contribution in [3.05, 3.63) is 34.6 Å². The van der Waals surface area contributed by atoms with Crippen LogP contribution in [0.2, 0.25) is 0 Å². The molecule has 9 heteroatoms. The van der Waals surface area contributed by atoms with E-state index in [0.717, 1.165) is 73.9 Å². The Balaban J connectivity index is 1.36. The molecule has 2 aromatic rings. The number of rotatable bonds is 6. The minimum absolute atomic E-state index is 0.0592. The lowest BCUT2D eigenvalue weighted by Gasteiger charge is -2.26. The lowest BCUT2D eigenvalue weighted by Crippen LogP contribution is -2.41. The lowest BCUT2D eigenvalue weighted by molar-refractivity contribution is 0.0383. The molecular formula is C22H31N5O3S. The maximum absolute atomic E-state index is 12.4. The molecule has 0 bridgehead atoms. The second kappa shape index (κ2) is 10.5. The number of nitrogens with zero attached hydrogens (tertiary/aromatic N) is 4. The van der Waals surface area contributed by atoms with Gasteiger partial charge in [-0.3, -0.25) is 14.7 Å². The highest BCUT2D eigenvalue weighted by Crippen LogP contribution is 2.22. The highest BCUT2D eigenvalue weighted by atomic mass is 32.1. The van der Waals surface area contributed by atoms with Crippen molar-refractivity contribution in [2.24, 2.45) is 12.0 Å². The van der Waals surface area contributed by atoms with Gasteiger partial charge in [-0.15, -0.1) is 0 Å². The summed E-state index contributed by atoms with van der Waals surface area (Å²) in [7, 11) is 1.90. The Morgan fingerprint density at radius 3 is 2.81 bits per heavy atom. The van der Waals surface area contributed by atoms with Crippen LogP contribution in [0.1, 0.15) is 36.0 Å². The van der Waals surface area contributed by atoms with Crippen molar-refractivity contribution in [2.75, 3.05) is 39.4 Å². The molecule has 1 aromatic heterocycles. The van der Waals surface area contributed by atoms with Crippen molar-refractivity contribution in [3.63, 3.8) is 0 Å². The molecular weight excluding hydrogens is 414 g/mol. The van der Waals surface area contributed by atoms with Crippen LogP contribution in [0.4, 0.5) is 0 Å². The Morgan fingerprint density at radius 1 is 1.29 bits per heavy atom. The van der Waals surface area contributed by atoms with Crippen molar-refractivity contribution in [2.45, 2.75) is 37.8 Å². The number of hydrogen-bond acceptors (Lipinski definition) is 7. The molecule has 8 nitrogen and oxygen atoms in total. The van der Waals surface area contributed by atoms with Gasteiger partial charge in [0.25, 0.3) is 5.91 Å². The molecule has 1 aliphatic heterocycles. The molecule has 2 heterocycles. The van der Waals surface area contributed by atoms with Crippen molar-refractivity contribution in [1.82, 2.24) is 20.0 Å². The van der Waals surface area contributed by atoms with Crippen LogP contribution in [0.5, 0.6) is 0 Å². The van der Waals surface area contributed by atoms with Crippen LogP contribution in [-0.4, -0.2) is 77.2 Å². The van der Waals surface area contributed by atoms with Gasteiger partial charge in [-0.05, 0) is 37.8 Å². The topological polar surface area (TPSA) is 92.0 Å². The van der Waals surface area contributed by atoms with Gasteiger partial charge < -0.3 is 15.2 Å². The van der Waals surface area contributed by atoms with Crippen LogP contribution in [0.25, 0.3) is 10.6 Å². The number of aryl methyl sites for hydroxylation is 1. The molecule has 31 heavy (non-hydrogen) atoms. The van der Waals surface area contributed by atoms with Crippen LogP contribution < -0.4 is 10.1 Å². The zero-order valence-electron chi connectivity index (χ0n) is 18.0. The monoisotopic (exact) mass is 445 g/mol. The Labute approximate surface area is 186 Å². The van der Waals surface area contributed by atoms with Gasteiger partial charge in [0.1, 0.15) is 5.01 Å². The first-order valence-electron chi connectivity index (χ1n) is 11.0. The zero-order chi connectivity index (χ0) is 21.6. The molecule has 1 saturated carbocycles. The van der Waals surface area contributed by atoms with Gasteiger partial charge in [0, 0.05) is 44.4 Å². The summed E-state index contributed by atoms with van der Waals surface area (Å²) in [5.41, 5.74) is 1.61. The number of nitrogens with one attached hydrogen (secondary N) is 1. The molecule has 4 rings (SSSR count). The number of benzene rings is 1. The number of carbonyl (C=O) groups excluding carboxylic acids is 1. The highest BCUT2D eigenvalue weighted by Gasteiger charge is 2.20. The fourth-order valence-electron chi connectivity index (χ4n) is 4.01. The average molecular weight is 446 g/mol. The molecule has 0 unspecified atom stereocenters. The first-order chi connectivity index (χ1) is 15.1. The fraction of sp³-hybridized carbons (Fsp3) is 0.591. The molecule has 0 spiro atoms. The minimum Gasteiger partial charge on any atom is -0.393 e. The van der Waals surface area contributed by atoms with Gasteiger partial charge in [0.2, 0.25) is 4.80 Å². The molecule has 1 saturated heterocycles. The van der Waals surface area contributed by atoms with E-state index in [0.29, 0.717) is 12.1 Å². The summed E-state index contributed by atoms with van der Waals surface area (Å²) >= 11 is 1.54. The summed E-state index contributed by atoms with van der Waals surface area (Å²) in [6.45, 7) is 4.84. The second-order valence-electron chi connectivity index (χ2n) is 8.20. The highest BCUT2D eigenvalue weighted by molar-refractivity contribution is 7.12. The van der Waals surface area contributed by atoms with Crippen LogP contribution in [0.15, 0.2) is 29.3 Å². The SMILES string of the molecule is Cn1nc(-c2ccc(C(=O)NCCN3CCOCC3)cc2)sc1=N[C@@H]1CCC[C@@H](O)C1. The molecule has 0 radical (unpaired) electrons. The van der Waals surface area contributed by atoms with Crippen molar-refractivity contribution in [1.29, 1.82) is 0 Å². The van der Waals surface area contributed by atoms with Crippen LogP contribution in [0.3, 0.4) is 0 Å². The first-order valence-corrected chi connectivity index (χ1v) is 11.8. The number of ether oxygens (including phenoxy) is 1. The summed E-state index contributed by atoms with van der Waals surface area (Å²) < 4.78 is 7.14. The predicted molar refractivity (Wildman–Crippen MR) is 120 cm³/mol. The smallest absolute Gasteiger partial charge is 0.251 e. The number of morpholine rings is 1. The maximum Gasteiger partial charge on any atom is 0.251 e. The second-order valence-corrected chi connectivity index (χ2v) is 9.16. The van der Waals surface area contributed by atoms with E-state index in [-0.39, 0.29) is 18.1 Å². The summed E-state index contributed by atoms with van der Waals surface area (Å²) in [6.07, 6.45) is 3.38. The van der Waals surface area contributed by atoms with Gasteiger partial charge >= 0.3 is 0 Å². The van der Waals surface area contributed by atoms with Crippen molar-refractivity contribution in [3.8, 4) is 10.6 Å².